The van der Waals surface area contributed by atoms with Gasteiger partial charge in [-0.1, -0.05) is 29.8 Å². The lowest BCUT2D eigenvalue weighted by Gasteiger charge is -2.06. The van der Waals surface area contributed by atoms with Gasteiger partial charge in [0.2, 0.25) is 0 Å². The Labute approximate surface area is 128 Å². The number of aromatic nitrogens is 1. The SMILES string of the molecule is CC(=Cc1ccccc1Cl)C(=O)c1c(C)cc(C)[nH]c1=O. The minimum absolute atomic E-state index is 0.182. The standard InChI is InChI=1S/C17H16ClNO2/c1-10-8-12(3)19-17(21)15(10)16(20)11(2)9-13-6-4-5-7-14(13)18/h4-9H,1-3H3,(H,19,21). The van der Waals surface area contributed by atoms with E-state index < -0.39 is 0 Å². The molecule has 1 N–H and O–H groups in total. The first kappa shape index (κ1) is 15.3. The molecular formula is C17H16ClNO2. The number of halogens is 1. The van der Waals surface area contributed by atoms with Crippen LogP contribution in [0.4, 0.5) is 0 Å². The first-order valence-electron chi connectivity index (χ1n) is 6.58. The molecule has 2 aromatic rings. The number of aromatic amines is 1. The number of ketones is 1. The summed E-state index contributed by atoms with van der Waals surface area (Å²) < 4.78 is 0. The highest BCUT2D eigenvalue weighted by Gasteiger charge is 2.16. The summed E-state index contributed by atoms with van der Waals surface area (Å²) in [5, 5.41) is 0.569. The van der Waals surface area contributed by atoms with Gasteiger partial charge < -0.3 is 4.98 Å². The minimum atomic E-state index is -0.357. The van der Waals surface area contributed by atoms with Gasteiger partial charge in [-0.25, -0.2) is 0 Å². The topological polar surface area (TPSA) is 49.9 Å². The second kappa shape index (κ2) is 6.10. The minimum Gasteiger partial charge on any atom is -0.326 e. The summed E-state index contributed by atoms with van der Waals surface area (Å²) in [6.07, 6.45) is 1.70. The monoisotopic (exact) mass is 301 g/mol. The lowest BCUT2D eigenvalue weighted by molar-refractivity contribution is 0.103. The van der Waals surface area contributed by atoms with E-state index in [1.807, 2.05) is 18.2 Å². The average molecular weight is 302 g/mol. The fourth-order valence-corrected chi connectivity index (χ4v) is 2.41. The highest BCUT2D eigenvalue weighted by Crippen LogP contribution is 2.19. The third-order valence-corrected chi connectivity index (χ3v) is 3.57. The Morgan fingerprint density at radius 2 is 1.90 bits per heavy atom. The lowest BCUT2D eigenvalue weighted by Crippen LogP contribution is -2.21. The molecule has 0 spiro atoms. The smallest absolute Gasteiger partial charge is 0.259 e. The van der Waals surface area contributed by atoms with E-state index in [-0.39, 0.29) is 16.9 Å². The van der Waals surface area contributed by atoms with Crippen molar-refractivity contribution in [3.63, 3.8) is 0 Å². The van der Waals surface area contributed by atoms with Crippen LogP contribution in [0.5, 0.6) is 0 Å². The number of pyridine rings is 1. The van der Waals surface area contributed by atoms with E-state index in [1.165, 1.54) is 0 Å². The van der Waals surface area contributed by atoms with Crippen molar-refractivity contribution in [3.05, 3.63) is 73.7 Å². The van der Waals surface area contributed by atoms with Crippen LogP contribution in [0.15, 0.2) is 40.7 Å². The largest absolute Gasteiger partial charge is 0.326 e. The van der Waals surface area contributed by atoms with Gasteiger partial charge >= 0.3 is 0 Å². The van der Waals surface area contributed by atoms with E-state index in [1.54, 1.807) is 39.0 Å². The van der Waals surface area contributed by atoms with Crippen LogP contribution in [0.2, 0.25) is 5.02 Å². The summed E-state index contributed by atoms with van der Waals surface area (Å²) in [5.41, 5.74) is 2.47. The summed E-state index contributed by atoms with van der Waals surface area (Å²) in [4.78, 5) is 27.1. The van der Waals surface area contributed by atoms with Crippen molar-refractivity contribution in [2.75, 3.05) is 0 Å². The summed E-state index contributed by atoms with van der Waals surface area (Å²) in [6.45, 7) is 5.23. The van der Waals surface area contributed by atoms with Crippen molar-refractivity contribution in [1.82, 2.24) is 4.98 Å². The molecule has 4 heteroatoms. The molecule has 3 nitrogen and oxygen atoms in total. The molecule has 1 aromatic heterocycles. The second-order valence-electron chi connectivity index (χ2n) is 5.02. The average Bonchev–Trinajstić information content (AvgIpc) is 2.40. The van der Waals surface area contributed by atoms with Gasteiger partial charge in [-0.15, -0.1) is 0 Å². The van der Waals surface area contributed by atoms with Gasteiger partial charge in [0.15, 0.2) is 5.78 Å². The number of benzene rings is 1. The van der Waals surface area contributed by atoms with Gasteiger partial charge in [0.1, 0.15) is 0 Å². The Bertz CT molecular complexity index is 788. The van der Waals surface area contributed by atoms with Crippen LogP contribution in [0, 0.1) is 13.8 Å². The van der Waals surface area contributed by atoms with E-state index >= 15 is 0 Å². The van der Waals surface area contributed by atoms with Crippen molar-refractivity contribution in [1.29, 1.82) is 0 Å². The quantitative estimate of drug-likeness (QED) is 0.690. The molecular weight excluding hydrogens is 286 g/mol. The highest BCUT2D eigenvalue weighted by atomic mass is 35.5. The molecule has 0 aliphatic heterocycles. The molecule has 2 rings (SSSR count). The third kappa shape index (κ3) is 3.31. The maximum Gasteiger partial charge on any atom is 0.259 e. The van der Waals surface area contributed by atoms with E-state index in [0.29, 0.717) is 16.2 Å². The van der Waals surface area contributed by atoms with Gasteiger partial charge in [-0.2, -0.15) is 0 Å². The van der Waals surface area contributed by atoms with Crippen molar-refractivity contribution in [2.24, 2.45) is 0 Å². The number of allylic oxidation sites excluding steroid dienone is 1. The molecule has 21 heavy (non-hydrogen) atoms. The van der Waals surface area contributed by atoms with E-state index in [4.69, 9.17) is 11.6 Å². The summed E-state index contributed by atoms with van der Waals surface area (Å²) in [5.74, 6) is -0.284. The van der Waals surface area contributed by atoms with Crippen LogP contribution < -0.4 is 5.56 Å². The molecule has 0 amide bonds. The number of hydrogen-bond donors (Lipinski definition) is 1. The van der Waals surface area contributed by atoms with Crippen molar-refractivity contribution in [2.45, 2.75) is 20.8 Å². The van der Waals surface area contributed by atoms with E-state index in [9.17, 15) is 9.59 Å². The lowest BCUT2D eigenvalue weighted by atomic mass is 9.99. The van der Waals surface area contributed by atoms with Gasteiger partial charge in [0.05, 0.1) is 5.56 Å². The molecule has 1 heterocycles. The normalized spacial score (nSPS) is 11.5. The van der Waals surface area contributed by atoms with Crippen LogP contribution in [-0.2, 0) is 0 Å². The van der Waals surface area contributed by atoms with E-state index in [2.05, 4.69) is 4.98 Å². The molecule has 0 saturated carbocycles. The zero-order valence-electron chi connectivity index (χ0n) is 12.2. The molecule has 0 saturated heterocycles. The van der Waals surface area contributed by atoms with Crippen molar-refractivity contribution < 1.29 is 4.79 Å². The summed E-state index contributed by atoms with van der Waals surface area (Å²) in [6, 6.07) is 9.04. The number of carbonyl (C=O) groups is 1. The predicted molar refractivity (Wildman–Crippen MR) is 86.0 cm³/mol. The highest BCUT2D eigenvalue weighted by molar-refractivity contribution is 6.32. The molecule has 1 aromatic carbocycles. The maximum atomic E-state index is 12.5. The zero-order valence-corrected chi connectivity index (χ0v) is 12.9. The molecule has 0 unspecified atom stereocenters. The number of nitrogens with one attached hydrogen (secondary N) is 1. The maximum absolute atomic E-state index is 12.5. The Balaban J connectivity index is 2.46. The first-order valence-corrected chi connectivity index (χ1v) is 6.96. The Morgan fingerprint density at radius 1 is 1.24 bits per heavy atom. The fraction of sp³-hybridized carbons (Fsp3) is 0.176. The summed E-state index contributed by atoms with van der Waals surface area (Å²) in [7, 11) is 0. The number of rotatable bonds is 3. The number of carbonyl (C=O) groups excluding carboxylic acids is 1. The molecule has 0 radical (unpaired) electrons. The van der Waals surface area contributed by atoms with Crippen LogP contribution in [-0.4, -0.2) is 10.8 Å². The van der Waals surface area contributed by atoms with E-state index in [0.717, 1.165) is 11.3 Å². The van der Waals surface area contributed by atoms with Crippen LogP contribution in [0.1, 0.15) is 34.1 Å². The Kier molecular flexibility index (Phi) is 4.43. The van der Waals surface area contributed by atoms with Crippen LogP contribution in [0.25, 0.3) is 6.08 Å². The first-order chi connectivity index (χ1) is 9.90. The number of hydrogen-bond acceptors (Lipinski definition) is 2. The zero-order chi connectivity index (χ0) is 15.6. The molecule has 0 bridgehead atoms. The van der Waals surface area contributed by atoms with Crippen LogP contribution in [0.3, 0.4) is 0 Å². The second-order valence-corrected chi connectivity index (χ2v) is 5.42. The van der Waals surface area contributed by atoms with Gasteiger partial charge in [-0.05, 0) is 55.7 Å². The Hall–Kier alpha value is -2.13. The number of aryl methyl sites for hydroxylation is 2. The number of Topliss-reactive ketones (excluding diaryl/α,β-unsaturated/α-hetero) is 1. The molecule has 0 atom stereocenters. The van der Waals surface area contributed by atoms with Gasteiger partial charge in [-0.3, -0.25) is 9.59 Å². The molecule has 0 aliphatic rings. The third-order valence-electron chi connectivity index (χ3n) is 3.23. The van der Waals surface area contributed by atoms with Gasteiger partial charge in [0.25, 0.3) is 5.56 Å². The number of H-pyrrole nitrogens is 1. The predicted octanol–water partition coefficient (Wildman–Crippen LogP) is 3.93. The van der Waals surface area contributed by atoms with Gasteiger partial charge in [0, 0.05) is 10.7 Å². The molecule has 108 valence electrons. The van der Waals surface area contributed by atoms with Crippen molar-refractivity contribution >= 4 is 23.5 Å². The van der Waals surface area contributed by atoms with Crippen molar-refractivity contribution in [3.8, 4) is 0 Å². The van der Waals surface area contributed by atoms with Crippen LogP contribution >= 0.6 is 11.6 Å². The molecule has 0 fully saturated rings. The fourth-order valence-electron chi connectivity index (χ4n) is 2.22. The summed E-state index contributed by atoms with van der Waals surface area (Å²) >= 11 is 6.08. The molecule has 0 aliphatic carbocycles. The Morgan fingerprint density at radius 3 is 2.52 bits per heavy atom.